The largest absolute Gasteiger partial charge is 0.478 e. The lowest BCUT2D eigenvalue weighted by molar-refractivity contribution is 0.0302. The first-order valence-electron chi connectivity index (χ1n) is 7.41. The summed E-state index contributed by atoms with van der Waals surface area (Å²) in [5.41, 5.74) is 1.19. The minimum Gasteiger partial charge on any atom is -0.478 e. The maximum Gasteiger partial charge on any atom is 0.336 e. The van der Waals surface area contributed by atoms with Gasteiger partial charge in [-0.25, -0.2) is 4.79 Å². The van der Waals surface area contributed by atoms with Gasteiger partial charge >= 0.3 is 5.97 Å². The molecule has 2 rings (SSSR count). The van der Waals surface area contributed by atoms with Crippen molar-refractivity contribution in [3.05, 3.63) is 35.4 Å². The van der Waals surface area contributed by atoms with Gasteiger partial charge in [-0.15, -0.1) is 0 Å². The van der Waals surface area contributed by atoms with Crippen LogP contribution in [-0.2, 0) is 11.3 Å². The van der Waals surface area contributed by atoms with Crippen LogP contribution >= 0.6 is 0 Å². The Morgan fingerprint density at radius 1 is 1.25 bits per heavy atom. The van der Waals surface area contributed by atoms with Crippen LogP contribution in [0.2, 0.25) is 0 Å². The van der Waals surface area contributed by atoms with Gasteiger partial charge in [0, 0.05) is 13.1 Å². The lowest BCUT2D eigenvalue weighted by Crippen LogP contribution is -2.24. The van der Waals surface area contributed by atoms with Gasteiger partial charge in [-0.3, -0.25) is 0 Å². The highest BCUT2D eigenvalue weighted by atomic mass is 16.5. The second kappa shape index (κ2) is 8.02. The quantitative estimate of drug-likeness (QED) is 0.752. The lowest BCUT2D eigenvalue weighted by atomic mass is 9.98. The molecule has 4 nitrogen and oxygen atoms in total. The zero-order valence-electron chi connectivity index (χ0n) is 11.8. The van der Waals surface area contributed by atoms with Crippen LogP contribution in [0.5, 0.6) is 0 Å². The van der Waals surface area contributed by atoms with E-state index in [2.05, 4.69) is 5.32 Å². The van der Waals surface area contributed by atoms with Crippen molar-refractivity contribution in [2.75, 3.05) is 13.2 Å². The summed E-state index contributed by atoms with van der Waals surface area (Å²) in [5.74, 6) is -0.874. The molecule has 4 heteroatoms. The topological polar surface area (TPSA) is 58.6 Å². The first-order valence-corrected chi connectivity index (χ1v) is 7.41. The van der Waals surface area contributed by atoms with Crippen molar-refractivity contribution < 1.29 is 14.6 Å². The van der Waals surface area contributed by atoms with E-state index in [1.165, 1.54) is 32.1 Å². The van der Waals surface area contributed by atoms with E-state index in [9.17, 15) is 4.79 Å². The smallest absolute Gasteiger partial charge is 0.336 e. The number of carboxylic acid groups (broad SMARTS) is 1. The average molecular weight is 277 g/mol. The molecule has 1 aromatic carbocycles. The number of aromatic carboxylic acids is 1. The highest BCUT2D eigenvalue weighted by Crippen LogP contribution is 2.19. The van der Waals surface area contributed by atoms with Crippen LogP contribution in [0.25, 0.3) is 0 Å². The molecule has 1 aromatic rings. The average Bonchev–Trinajstić information content (AvgIpc) is 2.48. The third-order valence-electron chi connectivity index (χ3n) is 3.75. The summed E-state index contributed by atoms with van der Waals surface area (Å²) in [5, 5.41) is 12.3. The summed E-state index contributed by atoms with van der Waals surface area (Å²) in [6, 6.07) is 7.09. The number of ether oxygens (including phenoxy) is 1. The van der Waals surface area contributed by atoms with Crippen LogP contribution in [0.4, 0.5) is 0 Å². The standard InChI is InChI=1S/C16H23NO3/c18-16(19)15-9-5-4-6-13(15)12-17-10-11-20-14-7-2-1-3-8-14/h4-6,9,14,17H,1-3,7-8,10-12H2,(H,18,19). The Morgan fingerprint density at radius 2 is 2.00 bits per heavy atom. The third-order valence-corrected chi connectivity index (χ3v) is 3.75. The molecule has 0 radical (unpaired) electrons. The Labute approximate surface area is 120 Å². The molecule has 0 aromatic heterocycles. The van der Waals surface area contributed by atoms with Crippen LogP contribution in [-0.4, -0.2) is 30.3 Å². The fourth-order valence-electron chi connectivity index (χ4n) is 2.64. The molecular weight excluding hydrogens is 254 g/mol. The summed E-state index contributed by atoms with van der Waals surface area (Å²) in [6.07, 6.45) is 6.69. The van der Waals surface area contributed by atoms with Crippen molar-refractivity contribution in [2.45, 2.75) is 44.8 Å². The fourth-order valence-corrected chi connectivity index (χ4v) is 2.64. The number of carboxylic acids is 1. The Hall–Kier alpha value is -1.39. The molecule has 1 aliphatic carbocycles. The van der Waals surface area contributed by atoms with E-state index in [4.69, 9.17) is 9.84 Å². The van der Waals surface area contributed by atoms with Crippen LogP contribution in [0.15, 0.2) is 24.3 Å². The molecule has 0 bridgehead atoms. The molecule has 0 saturated heterocycles. The minimum absolute atomic E-state index is 0.369. The normalized spacial score (nSPS) is 16.2. The molecule has 1 fully saturated rings. The second-order valence-corrected chi connectivity index (χ2v) is 5.27. The van der Waals surface area contributed by atoms with Gasteiger partial charge in [-0.2, -0.15) is 0 Å². The predicted molar refractivity (Wildman–Crippen MR) is 77.9 cm³/mol. The van der Waals surface area contributed by atoms with Gasteiger partial charge in [0.2, 0.25) is 0 Å². The number of rotatable bonds is 7. The van der Waals surface area contributed by atoms with Gasteiger partial charge < -0.3 is 15.2 Å². The van der Waals surface area contributed by atoms with Crippen molar-refractivity contribution in [2.24, 2.45) is 0 Å². The number of nitrogens with one attached hydrogen (secondary N) is 1. The first kappa shape index (κ1) is 15.0. The van der Waals surface area contributed by atoms with Gasteiger partial charge in [-0.05, 0) is 24.5 Å². The van der Waals surface area contributed by atoms with Crippen LogP contribution in [0.1, 0.15) is 48.0 Å². The summed E-state index contributed by atoms with van der Waals surface area (Å²) in [6.45, 7) is 2.01. The number of benzene rings is 1. The first-order chi connectivity index (χ1) is 9.77. The lowest BCUT2D eigenvalue weighted by Gasteiger charge is -2.22. The second-order valence-electron chi connectivity index (χ2n) is 5.27. The van der Waals surface area contributed by atoms with Crippen molar-refractivity contribution in [1.82, 2.24) is 5.32 Å². The highest BCUT2D eigenvalue weighted by Gasteiger charge is 2.13. The van der Waals surface area contributed by atoms with E-state index in [0.717, 1.165) is 12.1 Å². The summed E-state index contributed by atoms with van der Waals surface area (Å²) in [4.78, 5) is 11.1. The van der Waals surface area contributed by atoms with Crippen molar-refractivity contribution in [1.29, 1.82) is 0 Å². The van der Waals surface area contributed by atoms with E-state index in [0.29, 0.717) is 24.8 Å². The molecule has 0 spiro atoms. The van der Waals surface area contributed by atoms with Gasteiger partial charge in [0.25, 0.3) is 0 Å². The molecule has 1 aliphatic rings. The molecule has 0 atom stereocenters. The van der Waals surface area contributed by atoms with Crippen molar-refractivity contribution >= 4 is 5.97 Å². The Morgan fingerprint density at radius 3 is 2.75 bits per heavy atom. The zero-order chi connectivity index (χ0) is 14.2. The number of carbonyl (C=O) groups is 1. The van der Waals surface area contributed by atoms with E-state index < -0.39 is 5.97 Å². The summed E-state index contributed by atoms with van der Waals surface area (Å²) in [7, 11) is 0. The maximum atomic E-state index is 11.1. The Kier molecular flexibility index (Phi) is 6.02. The zero-order valence-corrected chi connectivity index (χ0v) is 11.8. The van der Waals surface area contributed by atoms with Crippen LogP contribution < -0.4 is 5.32 Å². The number of hydrogen-bond acceptors (Lipinski definition) is 3. The Balaban J connectivity index is 1.67. The maximum absolute atomic E-state index is 11.1. The molecular formula is C16H23NO3. The van der Waals surface area contributed by atoms with Crippen LogP contribution in [0.3, 0.4) is 0 Å². The van der Waals surface area contributed by atoms with Gasteiger partial charge in [-0.1, -0.05) is 37.5 Å². The van der Waals surface area contributed by atoms with Crippen LogP contribution in [0, 0.1) is 0 Å². The molecule has 20 heavy (non-hydrogen) atoms. The molecule has 0 amide bonds. The predicted octanol–water partition coefficient (Wildman–Crippen LogP) is 2.82. The van der Waals surface area contributed by atoms with Gasteiger partial charge in [0.05, 0.1) is 18.3 Å². The summed E-state index contributed by atoms with van der Waals surface area (Å²) < 4.78 is 5.82. The minimum atomic E-state index is -0.874. The van der Waals surface area contributed by atoms with Crippen molar-refractivity contribution in [3.63, 3.8) is 0 Å². The SMILES string of the molecule is O=C(O)c1ccccc1CNCCOC1CCCCC1. The van der Waals surface area contributed by atoms with E-state index in [-0.39, 0.29) is 0 Å². The highest BCUT2D eigenvalue weighted by molar-refractivity contribution is 5.89. The Bertz CT molecular complexity index is 427. The monoisotopic (exact) mass is 277 g/mol. The summed E-state index contributed by atoms with van der Waals surface area (Å²) >= 11 is 0. The fraction of sp³-hybridized carbons (Fsp3) is 0.562. The molecule has 2 N–H and O–H groups in total. The van der Waals surface area contributed by atoms with Gasteiger partial charge in [0.15, 0.2) is 0 Å². The van der Waals surface area contributed by atoms with Gasteiger partial charge in [0.1, 0.15) is 0 Å². The van der Waals surface area contributed by atoms with Crippen molar-refractivity contribution in [3.8, 4) is 0 Å². The molecule has 0 aliphatic heterocycles. The van der Waals surface area contributed by atoms with E-state index in [1.54, 1.807) is 12.1 Å². The molecule has 1 saturated carbocycles. The van der Waals surface area contributed by atoms with E-state index >= 15 is 0 Å². The van der Waals surface area contributed by atoms with E-state index in [1.807, 2.05) is 12.1 Å². The number of hydrogen-bond donors (Lipinski definition) is 2. The molecule has 0 heterocycles. The third kappa shape index (κ3) is 4.62. The molecule has 0 unspecified atom stereocenters. The molecule has 110 valence electrons.